The van der Waals surface area contributed by atoms with Gasteiger partial charge < -0.3 is 9.73 Å². The van der Waals surface area contributed by atoms with Gasteiger partial charge in [0.15, 0.2) is 4.80 Å². The van der Waals surface area contributed by atoms with Crippen molar-refractivity contribution in [3.05, 3.63) is 143 Å². The van der Waals surface area contributed by atoms with Gasteiger partial charge in [-0.15, -0.1) is 0 Å². The summed E-state index contributed by atoms with van der Waals surface area (Å²) in [6, 6.07) is 28.4. The molecule has 0 saturated heterocycles. The normalized spacial score (nSPS) is 15.1. The van der Waals surface area contributed by atoms with Crippen LogP contribution in [-0.2, 0) is 4.79 Å². The van der Waals surface area contributed by atoms with Crippen LogP contribution in [0.4, 0.5) is 5.69 Å². The van der Waals surface area contributed by atoms with E-state index in [4.69, 9.17) is 9.41 Å². The van der Waals surface area contributed by atoms with Crippen LogP contribution in [0.5, 0.6) is 0 Å². The number of nitrogens with zero attached hydrogens (tertiary/aromatic N) is 2. The molecular weight excluding hydrogens is 610 g/mol. The van der Waals surface area contributed by atoms with Crippen molar-refractivity contribution in [2.24, 2.45) is 4.99 Å². The molecule has 210 valence electrons. The number of furan rings is 1. The number of rotatable bonds is 6. The van der Waals surface area contributed by atoms with Gasteiger partial charge in [-0.2, -0.15) is 0 Å². The van der Waals surface area contributed by atoms with Crippen LogP contribution in [0, 0.1) is 0 Å². The summed E-state index contributed by atoms with van der Waals surface area (Å²) in [5.41, 5.74) is 4.42. The molecule has 0 fully saturated rings. The van der Waals surface area contributed by atoms with Crippen LogP contribution in [0.2, 0.25) is 0 Å². The Morgan fingerprint density at radius 1 is 1.00 bits per heavy atom. The largest absolute Gasteiger partial charge is 0.457 e. The van der Waals surface area contributed by atoms with Crippen LogP contribution in [0.25, 0.3) is 17.4 Å². The predicted octanol–water partition coefficient (Wildman–Crippen LogP) is 7.02. The fourth-order valence-corrected chi connectivity index (χ4v) is 6.33. The molecule has 1 aliphatic heterocycles. The molecule has 42 heavy (non-hydrogen) atoms. The third-order valence-corrected chi connectivity index (χ3v) is 8.76. The van der Waals surface area contributed by atoms with Crippen molar-refractivity contribution in [2.45, 2.75) is 32.7 Å². The summed E-state index contributed by atoms with van der Waals surface area (Å²) in [6.45, 7) is 6.10. The van der Waals surface area contributed by atoms with Crippen LogP contribution >= 0.6 is 27.3 Å². The van der Waals surface area contributed by atoms with Crippen LogP contribution in [0.15, 0.2) is 121 Å². The van der Waals surface area contributed by atoms with E-state index in [1.807, 2.05) is 85.8 Å². The van der Waals surface area contributed by atoms with E-state index in [0.29, 0.717) is 43.7 Å². The third-order valence-electron chi connectivity index (χ3n) is 7.25. The number of carbonyl (C=O) groups excluding carboxylic acids is 1. The standard InChI is InChI=1S/C34H28BrN3O3S/c1-20(2)22-9-11-24(12-10-22)31-30(32(39)37-26-7-5-4-6-8-26)21(3)36-34-38(31)33(40)29(42-34)19-27-17-18-28(41-27)23-13-15-25(35)16-14-23/h4-20,31H,1-3H3,(H,37,39)/b29-19-. The predicted molar refractivity (Wildman–Crippen MR) is 171 cm³/mol. The minimum atomic E-state index is -0.636. The number of halogens is 1. The number of amides is 1. The Hall–Kier alpha value is -4.27. The number of benzene rings is 3. The Morgan fingerprint density at radius 3 is 2.40 bits per heavy atom. The highest BCUT2D eigenvalue weighted by atomic mass is 79.9. The van der Waals surface area contributed by atoms with Gasteiger partial charge in [0.05, 0.1) is 21.8 Å². The van der Waals surface area contributed by atoms with Gasteiger partial charge in [0.2, 0.25) is 0 Å². The lowest BCUT2D eigenvalue weighted by Gasteiger charge is -2.25. The Kier molecular flexibility index (Phi) is 7.66. The second-order valence-electron chi connectivity index (χ2n) is 10.4. The summed E-state index contributed by atoms with van der Waals surface area (Å²) in [6.07, 6.45) is 1.74. The number of fused-ring (bicyclic) bond motifs is 1. The lowest BCUT2D eigenvalue weighted by Crippen LogP contribution is -2.40. The Labute approximate surface area is 255 Å². The number of hydrogen-bond donors (Lipinski definition) is 1. The summed E-state index contributed by atoms with van der Waals surface area (Å²) in [5.74, 6) is 1.34. The highest BCUT2D eigenvalue weighted by molar-refractivity contribution is 9.10. The van der Waals surface area contributed by atoms with Gasteiger partial charge in [0, 0.05) is 21.8 Å². The SMILES string of the molecule is CC1=C(C(=O)Nc2ccccc2)C(c2ccc(C(C)C)cc2)n2c(s/c(=C\c3ccc(-c4ccc(Br)cc4)o3)c2=O)=N1. The van der Waals surface area contributed by atoms with Crippen molar-refractivity contribution in [1.82, 2.24) is 4.57 Å². The maximum absolute atomic E-state index is 14.0. The molecule has 0 aliphatic carbocycles. The number of thiazole rings is 1. The van der Waals surface area contributed by atoms with Crippen molar-refractivity contribution >= 4 is 44.9 Å². The minimum absolute atomic E-state index is 0.226. The second kappa shape index (κ2) is 11.5. The van der Waals surface area contributed by atoms with Gasteiger partial charge in [-0.25, -0.2) is 4.99 Å². The Morgan fingerprint density at radius 2 is 1.71 bits per heavy atom. The van der Waals surface area contributed by atoms with Gasteiger partial charge >= 0.3 is 0 Å². The fraction of sp³-hybridized carbons (Fsp3) is 0.147. The van der Waals surface area contributed by atoms with Gasteiger partial charge in [0.25, 0.3) is 11.5 Å². The number of nitrogens with one attached hydrogen (secondary N) is 1. The monoisotopic (exact) mass is 637 g/mol. The van der Waals surface area contributed by atoms with Gasteiger partial charge in [-0.1, -0.05) is 95.7 Å². The molecule has 3 heterocycles. The zero-order valence-corrected chi connectivity index (χ0v) is 25.7. The summed E-state index contributed by atoms with van der Waals surface area (Å²) >= 11 is 4.75. The van der Waals surface area contributed by atoms with E-state index < -0.39 is 6.04 Å². The molecule has 5 aromatic rings. The van der Waals surface area contributed by atoms with Gasteiger partial charge in [0.1, 0.15) is 11.5 Å². The number of anilines is 1. The lowest BCUT2D eigenvalue weighted by molar-refractivity contribution is -0.113. The zero-order chi connectivity index (χ0) is 29.4. The lowest BCUT2D eigenvalue weighted by atomic mass is 9.93. The molecule has 0 radical (unpaired) electrons. The summed E-state index contributed by atoms with van der Waals surface area (Å²) < 4.78 is 9.17. The molecule has 6 nitrogen and oxygen atoms in total. The maximum Gasteiger partial charge on any atom is 0.271 e. The van der Waals surface area contributed by atoms with Crippen LogP contribution < -0.4 is 20.2 Å². The Bertz CT molecular complexity index is 1980. The molecule has 2 aromatic heterocycles. The molecule has 1 unspecified atom stereocenters. The molecule has 1 amide bonds. The third kappa shape index (κ3) is 5.47. The quantitative estimate of drug-likeness (QED) is 0.217. The molecule has 1 N–H and O–H groups in total. The van der Waals surface area contributed by atoms with E-state index in [0.717, 1.165) is 15.6 Å². The Balaban J connectivity index is 1.45. The number of allylic oxidation sites excluding steroid dienone is 1. The van der Waals surface area contributed by atoms with Crippen LogP contribution in [0.1, 0.15) is 49.6 Å². The van der Waals surface area contributed by atoms with Gasteiger partial charge in [-0.3, -0.25) is 14.2 Å². The smallest absolute Gasteiger partial charge is 0.271 e. The van der Waals surface area contributed by atoms with E-state index in [9.17, 15) is 9.59 Å². The molecule has 6 rings (SSSR count). The molecular formula is C34H28BrN3O3S. The van der Waals surface area contributed by atoms with Crippen LogP contribution in [0.3, 0.4) is 0 Å². The molecule has 8 heteroatoms. The van der Waals surface area contributed by atoms with E-state index in [1.165, 1.54) is 16.9 Å². The molecule has 0 saturated carbocycles. The van der Waals surface area contributed by atoms with Crippen molar-refractivity contribution in [1.29, 1.82) is 0 Å². The first kappa shape index (κ1) is 27.9. The fourth-order valence-electron chi connectivity index (χ4n) is 5.04. The van der Waals surface area contributed by atoms with Gasteiger partial charge in [-0.05, 0) is 60.4 Å². The van der Waals surface area contributed by atoms with Crippen molar-refractivity contribution < 1.29 is 9.21 Å². The van der Waals surface area contributed by atoms with Crippen molar-refractivity contribution in [3.8, 4) is 11.3 Å². The van der Waals surface area contributed by atoms with E-state index >= 15 is 0 Å². The summed E-state index contributed by atoms with van der Waals surface area (Å²) in [4.78, 5) is 33.0. The van der Waals surface area contributed by atoms with Crippen molar-refractivity contribution in [2.75, 3.05) is 5.32 Å². The summed E-state index contributed by atoms with van der Waals surface area (Å²) in [7, 11) is 0. The number of hydrogen-bond acceptors (Lipinski definition) is 5. The molecule has 1 atom stereocenters. The maximum atomic E-state index is 14.0. The molecule has 0 bridgehead atoms. The van der Waals surface area contributed by atoms with Crippen LogP contribution in [-0.4, -0.2) is 10.5 Å². The topological polar surface area (TPSA) is 76.6 Å². The summed E-state index contributed by atoms with van der Waals surface area (Å²) in [5, 5.41) is 3.00. The molecule has 0 spiro atoms. The van der Waals surface area contributed by atoms with E-state index in [1.54, 1.807) is 10.6 Å². The zero-order valence-electron chi connectivity index (χ0n) is 23.3. The first-order valence-corrected chi connectivity index (χ1v) is 15.2. The number of para-hydroxylation sites is 1. The number of aromatic nitrogens is 1. The number of carbonyl (C=O) groups is 1. The highest BCUT2D eigenvalue weighted by Crippen LogP contribution is 2.32. The first-order valence-electron chi connectivity index (χ1n) is 13.6. The second-order valence-corrected chi connectivity index (χ2v) is 12.4. The average molecular weight is 639 g/mol. The molecule has 3 aromatic carbocycles. The first-order chi connectivity index (χ1) is 20.3. The van der Waals surface area contributed by atoms with E-state index in [2.05, 4.69) is 47.2 Å². The molecule has 1 aliphatic rings. The van der Waals surface area contributed by atoms with Crippen molar-refractivity contribution in [3.63, 3.8) is 0 Å². The van der Waals surface area contributed by atoms with E-state index in [-0.39, 0.29) is 11.5 Å². The minimum Gasteiger partial charge on any atom is -0.457 e. The average Bonchev–Trinajstić information content (AvgIpc) is 3.57. The highest BCUT2D eigenvalue weighted by Gasteiger charge is 2.32.